The zero-order chi connectivity index (χ0) is 23.9. The summed E-state index contributed by atoms with van der Waals surface area (Å²) in [4.78, 5) is 19.7. The molecule has 0 saturated carbocycles. The van der Waals surface area contributed by atoms with Crippen LogP contribution in [0, 0.1) is 0 Å². The largest absolute Gasteiger partial charge is 0.369 e. The monoisotopic (exact) mass is 512 g/mol. The van der Waals surface area contributed by atoms with Crippen LogP contribution in [0.5, 0.6) is 0 Å². The minimum absolute atomic E-state index is 0.348. The fraction of sp³-hybridized carbons (Fsp3) is 0.154. The van der Waals surface area contributed by atoms with Gasteiger partial charge in [-0.15, -0.1) is 23.2 Å². The molecule has 1 aromatic heterocycles. The average Bonchev–Trinajstić information content (AvgIpc) is 2.84. The van der Waals surface area contributed by atoms with Gasteiger partial charge in [0.1, 0.15) is 0 Å². The van der Waals surface area contributed by atoms with Crippen LogP contribution in [0.2, 0.25) is 5.02 Å². The molecule has 0 bridgehead atoms. The number of urea groups is 1. The van der Waals surface area contributed by atoms with Gasteiger partial charge in [0.2, 0.25) is 0 Å². The fourth-order valence-electron chi connectivity index (χ4n) is 3.69. The highest BCUT2D eigenvalue weighted by Crippen LogP contribution is 2.29. The van der Waals surface area contributed by atoms with Gasteiger partial charge in [-0.3, -0.25) is 0 Å². The number of para-hydroxylation sites is 1. The highest BCUT2D eigenvalue weighted by atomic mass is 35.5. The molecular formula is C26H23Cl3N4O. The van der Waals surface area contributed by atoms with Crippen molar-refractivity contribution < 1.29 is 4.79 Å². The third-order valence-corrected chi connectivity index (χ3v) is 5.86. The van der Waals surface area contributed by atoms with E-state index in [-0.39, 0.29) is 6.03 Å². The van der Waals surface area contributed by atoms with Crippen LogP contribution in [0.4, 0.5) is 21.9 Å². The number of anilines is 3. The molecule has 0 radical (unpaired) electrons. The molecule has 0 atom stereocenters. The Morgan fingerprint density at radius 3 is 2.29 bits per heavy atom. The van der Waals surface area contributed by atoms with Crippen LogP contribution in [-0.4, -0.2) is 35.9 Å². The van der Waals surface area contributed by atoms with Crippen molar-refractivity contribution in [2.24, 2.45) is 0 Å². The van der Waals surface area contributed by atoms with Crippen molar-refractivity contribution in [2.45, 2.75) is 0 Å². The molecular weight excluding hydrogens is 491 g/mol. The summed E-state index contributed by atoms with van der Waals surface area (Å²) in [6, 6.07) is 24.2. The van der Waals surface area contributed by atoms with E-state index in [4.69, 9.17) is 39.8 Å². The van der Waals surface area contributed by atoms with Gasteiger partial charge >= 0.3 is 6.03 Å². The van der Waals surface area contributed by atoms with E-state index in [1.807, 2.05) is 78.9 Å². The van der Waals surface area contributed by atoms with Gasteiger partial charge in [-0.05, 0) is 48.5 Å². The summed E-state index contributed by atoms with van der Waals surface area (Å²) in [5.74, 6) is 1.02. The predicted octanol–water partition coefficient (Wildman–Crippen LogP) is 7.48. The van der Waals surface area contributed by atoms with Crippen molar-refractivity contribution in [1.82, 2.24) is 4.98 Å². The molecule has 0 spiro atoms. The van der Waals surface area contributed by atoms with Crippen molar-refractivity contribution >= 4 is 68.8 Å². The summed E-state index contributed by atoms with van der Waals surface area (Å²) < 4.78 is 0. The summed E-state index contributed by atoms with van der Waals surface area (Å²) in [5.41, 5.74) is 4.70. The maximum atomic E-state index is 12.8. The number of amides is 2. The highest BCUT2D eigenvalue weighted by Gasteiger charge is 2.12. The summed E-state index contributed by atoms with van der Waals surface area (Å²) >= 11 is 18.0. The first-order valence-corrected chi connectivity index (χ1v) is 12.2. The molecule has 34 heavy (non-hydrogen) atoms. The Bertz CT molecular complexity index is 1270. The van der Waals surface area contributed by atoms with E-state index >= 15 is 0 Å². The number of alkyl halides is 2. The summed E-state index contributed by atoms with van der Waals surface area (Å²) in [6.07, 6.45) is 0. The van der Waals surface area contributed by atoms with Crippen molar-refractivity contribution in [3.05, 3.63) is 83.9 Å². The Morgan fingerprint density at radius 2 is 1.59 bits per heavy atom. The van der Waals surface area contributed by atoms with Gasteiger partial charge in [0.25, 0.3) is 0 Å². The number of hydrogen-bond donors (Lipinski definition) is 2. The predicted molar refractivity (Wildman–Crippen MR) is 145 cm³/mol. The number of nitrogens with one attached hydrogen (secondary N) is 2. The van der Waals surface area contributed by atoms with Crippen LogP contribution < -0.4 is 15.5 Å². The number of fused-ring (bicyclic) bond motifs is 1. The van der Waals surface area contributed by atoms with E-state index in [0.29, 0.717) is 41.2 Å². The fourth-order valence-corrected chi connectivity index (χ4v) is 4.29. The van der Waals surface area contributed by atoms with Crippen LogP contribution >= 0.6 is 34.8 Å². The number of carbonyl (C=O) groups excluding carboxylic acids is 1. The number of nitrogens with zero attached hydrogens (tertiary/aromatic N) is 2. The second-order valence-electron chi connectivity index (χ2n) is 7.57. The van der Waals surface area contributed by atoms with E-state index in [9.17, 15) is 4.79 Å². The van der Waals surface area contributed by atoms with Crippen LogP contribution in [0.25, 0.3) is 22.2 Å². The van der Waals surface area contributed by atoms with Gasteiger partial charge < -0.3 is 15.5 Å². The standard InChI is InChI=1S/C26H23Cl3N4O/c27-12-14-33(15-13-28)21-10-8-20(9-11-21)30-26(34)32-25-17-24(18-4-3-5-19(29)16-18)31-23-7-2-1-6-22(23)25/h1-11,16-17H,12-15H2,(H2,30,31,32,34). The first kappa shape index (κ1) is 24.1. The lowest BCUT2D eigenvalue weighted by Gasteiger charge is -2.23. The maximum absolute atomic E-state index is 12.8. The SMILES string of the molecule is O=C(Nc1ccc(N(CCCl)CCCl)cc1)Nc1cc(-c2cccc(Cl)c2)nc2ccccc12. The summed E-state index contributed by atoms with van der Waals surface area (Å²) in [6.45, 7) is 1.40. The molecule has 1 heterocycles. The minimum atomic E-state index is -0.348. The number of pyridine rings is 1. The number of hydrogen-bond acceptors (Lipinski definition) is 3. The lowest BCUT2D eigenvalue weighted by molar-refractivity contribution is 0.262. The zero-order valence-electron chi connectivity index (χ0n) is 18.3. The van der Waals surface area contributed by atoms with Gasteiger partial charge in [0, 0.05) is 52.2 Å². The Morgan fingerprint density at radius 1 is 0.853 bits per heavy atom. The van der Waals surface area contributed by atoms with Crippen LogP contribution in [0.1, 0.15) is 0 Å². The maximum Gasteiger partial charge on any atom is 0.323 e. The molecule has 2 N–H and O–H groups in total. The first-order chi connectivity index (χ1) is 16.6. The number of benzene rings is 3. The Hall–Kier alpha value is -2.99. The van der Waals surface area contributed by atoms with Crippen LogP contribution in [0.3, 0.4) is 0 Å². The van der Waals surface area contributed by atoms with Crippen molar-refractivity contribution in [3.63, 3.8) is 0 Å². The van der Waals surface area contributed by atoms with Gasteiger partial charge in [-0.1, -0.05) is 41.9 Å². The number of carbonyl (C=O) groups is 1. The minimum Gasteiger partial charge on any atom is -0.369 e. The Kier molecular flexibility index (Phi) is 8.12. The molecule has 4 rings (SSSR count). The summed E-state index contributed by atoms with van der Waals surface area (Å²) in [5, 5.41) is 7.33. The quantitative estimate of drug-likeness (QED) is 0.240. The third-order valence-electron chi connectivity index (χ3n) is 5.28. The van der Waals surface area contributed by atoms with E-state index < -0.39 is 0 Å². The smallest absolute Gasteiger partial charge is 0.323 e. The van der Waals surface area contributed by atoms with Crippen molar-refractivity contribution in [3.8, 4) is 11.3 Å². The zero-order valence-corrected chi connectivity index (χ0v) is 20.5. The van der Waals surface area contributed by atoms with Crippen LogP contribution in [-0.2, 0) is 0 Å². The Balaban J connectivity index is 1.55. The van der Waals surface area contributed by atoms with E-state index in [1.54, 1.807) is 0 Å². The normalized spacial score (nSPS) is 10.8. The third kappa shape index (κ3) is 5.92. The first-order valence-electron chi connectivity index (χ1n) is 10.8. The van der Waals surface area contributed by atoms with Gasteiger partial charge in [0.15, 0.2) is 0 Å². The molecule has 0 saturated heterocycles. The lowest BCUT2D eigenvalue weighted by Crippen LogP contribution is -2.27. The second kappa shape index (κ2) is 11.4. The van der Waals surface area contributed by atoms with Crippen molar-refractivity contribution in [2.75, 3.05) is 40.4 Å². The lowest BCUT2D eigenvalue weighted by atomic mass is 10.1. The molecule has 8 heteroatoms. The van der Waals surface area contributed by atoms with Gasteiger partial charge in [-0.2, -0.15) is 0 Å². The number of halogens is 3. The molecule has 0 aliphatic rings. The number of aromatic nitrogens is 1. The van der Waals surface area contributed by atoms with Crippen LogP contribution in [0.15, 0.2) is 78.9 Å². The van der Waals surface area contributed by atoms with E-state index in [0.717, 1.165) is 27.8 Å². The second-order valence-corrected chi connectivity index (χ2v) is 8.77. The molecule has 3 aromatic carbocycles. The molecule has 174 valence electrons. The molecule has 4 aromatic rings. The topological polar surface area (TPSA) is 57.3 Å². The number of rotatable bonds is 8. The van der Waals surface area contributed by atoms with E-state index in [1.165, 1.54) is 0 Å². The average molecular weight is 514 g/mol. The molecule has 0 fully saturated rings. The van der Waals surface area contributed by atoms with Gasteiger partial charge in [-0.25, -0.2) is 9.78 Å². The summed E-state index contributed by atoms with van der Waals surface area (Å²) in [7, 11) is 0. The molecule has 2 amide bonds. The molecule has 0 aliphatic heterocycles. The van der Waals surface area contributed by atoms with Gasteiger partial charge in [0.05, 0.1) is 16.9 Å². The van der Waals surface area contributed by atoms with Crippen molar-refractivity contribution in [1.29, 1.82) is 0 Å². The molecule has 5 nitrogen and oxygen atoms in total. The highest BCUT2D eigenvalue weighted by molar-refractivity contribution is 6.30. The molecule has 0 aliphatic carbocycles. The molecule has 0 unspecified atom stereocenters. The Labute approximate surface area is 213 Å². The van der Waals surface area contributed by atoms with E-state index in [2.05, 4.69) is 15.5 Å².